The number of aryl methyl sites for hydroxylation is 1. The molecule has 1 aliphatic heterocycles. The normalized spacial score (nSPS) is 15.5. The zero-order chi connectivity index (χ0) is 19.7. The van der Waals surface area contributed by atoms with Gasteiger partial charge in [0.2, 0.25) is 5.91 Å². The highest BCUT2D eigenvalue weighted by molar-refractivity contribution is 5.84. The number of amides is 1. The largest absolute Gasteiger partial charge is 0.342 e. The van der Waals surface area contributed by atoms with Crippen LogP contribution in [0.2, 0.25) is 0 Å². The average molecular weight is 378 g/mol. The van der Waals surface area contributed by atoms with Crippen molar-refractivity contribution in [2.45, 2.75) is 25.3 Å². The van der Waals surface area contributed by atoms with Crippen molar-refractivity contribution < 1.29 is 4.79 Å². The third kappa shape index (κ3) is 3.89. The lowest BCUT2D eigenvalue weighted by atomic mass is 10.0. The minimum absolute atomic E-state index is 0.153. The van der Waals surface area contributed by atoms with Crippen LogP contribution < -0.4 is 0 Å². The van der Waals surface area contributed by atoms with Crippen molar-refractivity contribution in [1.29, 1.82) is 0 Å². The smallest absolute Gasteiger partial charge is 0.228 e. The first-order valence-corrected chi connectivity index (χ1v) is 9.67. The fourth-order valence-electron chi connectivity index (χ4n) is 3.80. The summed E-state index contributed by atoms with van der Waals surface area (Å²) in [5.74, 6) is 0.153. The highest BCUT2D eigenvalue weighted by Crippen LogP contribution is 2.23. The first-order chi connectivity index (χ1) is 13.5. The molecule has 1 fully saturated rings. The summed E-state index contributed by atoms with van der Waals surface area (Å²) in [6, 6.07) is 4.63. The number of nitrogens with zero attached hydrogens (tertiary/aromatic N) is 6. The number of fused-ring (bicyclic) bond motifs is 1. The van der Waals surface area contributed by atoms with Gasteiger partial charge in [-0.25, -0.2) is 0 Å². The first kappa shape index (κ1) is 18.6. The van der Waals surface area contributed by atoms with Gasteiger partial charge in [-0.05, 0) is 39.1 Å². The van der Waals surface area contributed by atoms with E-state index in [0.29, 0.717) is 12.5 Å². The van der Waals surface area contributed by atoms with Gasteiger partial charge in [0.15, 0.2) is 0 Å². The van der Waals surface area contributed by atoms with Crippen LogP contribution in [0.4, 0.5) is 0 Å². The number of pyridine rings is 2. The van der Waals surface area contributed by atoms with Gasteiger partial charge < -0.3 is 9.80 Å². The summed E-state index contributed by atoms with van der Waals surface area (Å²) < 4.78 is 1.77. The Hall–Kier alpha value is -2.80. The molecule has 0 aliphatic carbocycles. The Morgan fingerprint density at radius 1 is 1.11 bits per heavy atom. The molecule has 3 aromatic heterocycles. The van der Waals surface area contributed by atoms with E-state index in [-0.39, 0.29) is 5.91 Å². The summed E-state index contributed by atoms with van der Waals surface area (Å²) in [7, 11) is 6.11. The maximum atomic E-state index is 12.7. The lowest BCUT2D eigenvalue weighted by Crippen LogP contribution is -2.45. The van der Waals surface area contributed by atoms with E-state index in [9.17, 15) is 4.79 Å². The second-order valence-corrected chi connectivity index (χ2v) is 7.75. The van der Waals surface area contributed by atoms with E-state index in [1.54, 1.807) is 10.9 Å². The molecule has 7 nitrogen and oxygen atoms in total. The van der Waals surface area contributed by atoms with Gasteiger partial charge in [0.05, 0.1) is 30.0 Å². The SMILES string of the molecule is CN(C)C1CCN(C(=O)Cc2cc3cc(-c4cnn(C)c4)cnc3cn2)CC1. The summed E-state index contributed by atoms with van der Waals surface area (Å²) in [6.45, 7) is 1.64. The number of piperidine rings is 1. The number of hydrogen-bond acceptors (Lipinski definition) is 5. The fraction of sp³-hybridized carbons (Fsp3) is 0.429. The summed E-state index contributed by atoms with van der Waals surface area (Å²) in [6.07, 6.45) is 9.77. The molecule has 0 saturated carbocycles. The third-order valence-corrected chi connectivity index (χ3v) is 5.54. The van der Waals surface area contributed by atoms with Gasteiger partial charge in [0.1, 0.15) is 0 Å². The van der Waals surface area contributed by atoms with Gasteiger partial charge in [-0.3, -0.25) is 19.4 Å². The zero-order valence-electron chi connectivity index (χ0n) is 16.7. The topological polar surface area (TPSA) is 67.2 Å². The van der Waals surface area contributed by atoms with Crippen molar-refractivity contribution in [2.24, 2.45) is 7.05 Å². The molecule has 146 valence electrons. The van der Waals surface area contributed by atoms with Gasteiger partial charge in [0, 0.05) is 55.1 Å². The third-order valence-electron chi connectivity index (χ3n) is 5.54. The van der Waals surface area contributed by atoms with E-state index in [1.165, 1.54) is 0 Å². The first-order valence-electron chi connectivity index (χ1n) is 9.67. The second kappa shape index (κ2) is 7.67. The monoisotopic (exact) mass is 378 g/mol. The molecule has 4 rings (SSSR count). The number of aromatic nitrogens is 4. The highest BCUT2D eigenvalue weighted by Gasteiger charge is 2.24. The van der Waals surface area contributed by atoms with Crippen LogP contribution in [0.15, 0.2) is 36.9 Å². The molecule has 0 unspecified atom stereocenters. The Kier molecular flexibility index (Phi) is 5.09. The van der Waals surface area contributed by atoms with E-state index in [1.807, 2.05) is 36.6 Å². The predicted molar refractivity (Wildman–Crippen MR) is 109 cm³/mol. The summed E-state index contributed by atoms with van der Waals surface area (Å²) >= 11 is 0. The maximum Gasteiger partial charge on any atom is 0.228 e. The number of likely N-dealkylation sites (tertiary alicyclic amines) is 1. The molecule has 0 spiro atoms. The molecule has 1 amide bonds. The highest BCUT2D eigenvalue weighted by atomic mass is 16.2. The van der Waals surface area contributed by atoms with Gasteiger partial charge in [-0.15, -0.1) is 0 Å². The Morgan fingerprint density at radius 2 is 1.89 bits per heavy atom. The molecule has 0 radical (unpaired) electrons. The van der Waals surface area contributed by atoms with Gasteiger partial charge in [-0.1, -0.05) is 0 Å². The van der Waals surface area contributed by atoms with Crippen molar-refractivity contribution in [1.82, 2.24) is 29.5 Å². The quantitative estimate of drug-likeness (QED) is 0.696. The van der Waals surface area contributed by atoms with E-state index in [0.717, 1.165) is 53.7 Å². The van der Waals surface area contributed by atoms with Crippen LogP contribution in [0, 0.1) is 0 Å². The molecule has 1 saturated heterocycles. The van der Waals surface area contributed by atoms with Crippen LogP contribution in [0.5, 0.6) is 0 Å². The van der Waals surface area contributed by atoms with Crippen molar-refractivity contribution in [3.05, 3.63) is 42.6 Å². The molecule has 0 bridgehead atoms. The van der Waals surface area contributed by atoms with Crippen LogP contribution in [0.1, 0.15) is 18.5 Å². The fourth-order valence-corrected chi connectivity index (χ4v) is 3.80. The number of carbonyl (C=O) groups excluding carboxylic acids is 1. The zero-order valence-corrected chi connectivity index (χ0v) is 16.7. The summed E-state index contributed by atoms with van der Waals surface area (Å²) in [4.78, 5) is 25.9. The molecule has 1 aliphatic rings. The van der Waals surface area contributed by atoms with E-state index in [2.05, 4.69) is 40.1 Å². The van der Waals surface area contributed by atoms with Crippen molar-refractivity contribution in [2.75, 3.05) is 27.2 Å². The summed E-state index contributed by atoms with van der Waals surface area (Å²) in [5.41, 5.74) is 3.65. The van der Waals surface area contributed by atoms with Crippen LogP contribution in [0.3, 0.4) is 0 Å². The molecule has 28 heavy (non-hydrogen) atoms. The minimum Gasteiger partial charge on any atom is -0.342 e. The lowest BCUT2D eigenvalue weighted by Gasteiger charge is -2.35. The molecular formula is C21H26N6O. The predicted octanol–water partition coefficient (Wildman–Crippen LogP) is 2.13. The average Bonchev–Trinajstić information content (AvgIpc) is 3.14. The Bertz CT molecular complexity index is 987. The molecule has 0 aromatic carbocycles. The van der Waals surface area contributed by atoms with Gasteiger partial charge >= 0.3 is 0 Å². The van der Waals surface area contributed by atoms with Crippen LogP contribution in [0.25, 0.3) is 22.0 Å². The van der Waals surface area contributed by atoms with E-state index >= 15 is 0 Å². The van der Waals surface area contributed by atoms with Crippen molar-refractivity contribution in [3.8, 4) is 11.1 Å². The van der Waals surface area contributed by atoms with E-state index in [4.69, 9.17) is 0 Å². The summed E-state index contributed by atoms with van der Waals surface area (Å²) in [5, 5.41) is 5.21. The van der Waals surface area contributed by atoms with Crippen LogP contribution in [-0.2, 0) is 18.3 Å². The molecule has 3 aromatic rings. The molecular weight excluding hydrogens is 352 g/mol. The molecule has 7 heteroatoms. The molecule has 0 N–H and O–H groups in total. The Morgan fingerprint density at radius 3 is 2.57 bits per heavy atom. The lowest BCUT2D eigenvalue weighted by molar-refractivity contribution is -0.132. The Balaban J connectivity index is 1.49. The van der Waals surface area contributed by atoms with Crippen LogP contribution in [-0.4, -0.2) is 68.7 Å². The second-order valence-electron chi connectivity index (χ2n) is 7.75. The van der Waals surface area contributed by atoms with Gasteiger partial charge in [-0.2, -0.15) is 5.10 Å². The number of hydrogen-bond donors (Lipinski definition) is 0. The van der Waals surface area contributed by atoms with Gasteiger partial charge in [0.25, 0.3) is 0 Å². The Labute approximate surface area is 165 Å². The molecule has 0 atom stereocenters. The number of rotatable bonds is 4. The van der Waals surface area contributed by atoms with Crippen molar-refractivity contribution in [3.63, 3.8) is 0 Å². The number of carbonyl (C=O) groups is 1. The molecule has 4 heterocycles. The minimum atomic E-state index is 0.153. The van der Waals surface area contributed by atoms with E-state index < -0.39 is 0 Å². The van der Waals surface area contributed by atoms with Crippen molar-refractivity contribution >= 4 is 16.8 Å². The maximum absolute atomic E-state index is 12.7. The standard InChI is InChI=1S/C21H26N6O/c1-25(2)19-4-6-27(7-5-19)21(28)10-18-9-15-8-16(11-23-20(15)13-22-18)17-12-24-26(3)14-17/h8-9,11-14,19H,4-7,10H2,1-3H3. The van der Waals surface area contributed by atoms with Crippen LogP contribution >= 0.6 is 0 Å².